The number of rotatable bonds is 12. The maximum atomic E-state index is 13.5. The number of benzene rings is 1. The first-order valence-electron chi connectivity index (χ1n) is 11.1. The summed E-state index contributed by atoms with van der Waals surface area (Å²) < 4.78 is 18.9. The smallest absolute Gasteiger partial charge is 0.316 e. The van der Waals surface area contributed by atoms with Gasteiger partial charge in [-0.1, -0.05) is 25.1 Å². The molecule has 0 radical (unpaired) electrons. The number of anilines is 1. The van der Waals surface area contributed by atoms with E-state index in [1.54, 1.807) is 0 Å². The van der Waals surface area contributed by atoms with Crippen LogP contribution in [-0.4, -0.2) is 75.5 Å². The molecule has 170 valence electrons. The molecule has 0 aliphatic carbocycles. The van der Waals surface area contributed by atoms with E-state index < -0.39 is 0 Å². The zero-order valence-corrected chi connectivity index (χ0v) is 18.5. The number of hydrogen-bond acceptors (Lipinski definition) is 7. The van der Waals surface area contributed by atoms with E-state index in [0.717, 1.165) is 32.7 Å². The minimum Gasteiger partial charge on any atom is -0.485 e. The van der Waals surface area contributed by atoms with Crippen LogP contribution in [0, 0.1) is 0 Å². The average Bonchev–Trinajstić information content (AvgIpc) is 2.82. The van der Waals surface area contributed by atoms with E-state index in [1.165, 1.54) is 4.68 Å². The van der Waals surface area contributed by atoms with Gasteiger partial charge in [-0.05, 0) is 25.6 Å². The molecule has 1 aliphatic rings. The van der Waals surface area contributed by atoms with Crippen LogP contribution in [0.2, 0.25) is 0 Å². The first-order chi connectivity index (χ1) is 15.3. The van der Waals surface area contributed by atoms with Gasteiger partial charge in [-0.25, -0.2) is 0 Å². The van der Waals surface area contributed by atoms with Gasteiger partial charge in [0.2, 0.25) is 5.75 Å². The summed E-state index contributed by atoms with van der Waals surface area (Å²) in [5, 5.41) is 10.1. The molecule has 3 rings (SSSR count). The second-order valence-electron chi connectivity index (χ2n) is 7.14. The van der Waals surface area contributed by atoms with Crippen LogP contribution in [0.25, 0.3) is 5.69 Å². The lowest BCUT2D eigenvalue weighted by atomic mass is 10.2. The molecule has 0 amide bonds. The Hall–Kier alpha value is -2.62. The molecule has 0 atom stereocenters. The summed E-state index contributed by atoms with van der Waals surface area (Å²) in [7, 11) is 0. The van der Waals surface area contributed by atoms with Gasteiger partial charge in [0.15, 0.2) is 5.69 Å². The van der Waals surface area contributed by atoms with Gasteiger partial charge in [-0.2, -0.15) is 4.68 Å². The number of quaternary nitrogens is 1. The van der Waals surface area contributed by atoms with Crippen LogP contribution in [0.3, 0.4) is 0 Å². The molecule has 1 aromatic carbocycles. The van der Waals surface area contributed by atoms with Crippen molar-refractivity contribution in [3.8, 4) is 17.3 Å². The molecule has 9 nitrogen and oxygen atoms in total. The van der Waals surface area contributed by atoms with Gasteiger partial charge in [-0.15, -0.1) is 5.10 Å². The lowest BCUT2D eigenvalue weighted by molar-refractivity contribution is -0.655. The van der Waals surface area contributed by atoms with Crippen molar-refractivity contribution in [2.45, 2.75) is 13.8 Å². The maximum Gasteiger partial charge on any atom is 0.316 e. The first kappa shape index (κ1) is 23.1. The number of ether oxygens (including phenoxy) is 3. The third-order valence-corrected chi connectivity index (χ3v) is 4.96. The molecule has 0 spiro atoms. The number of likely N-dealkylation sites (N-methyl/N-ethyl adjacent to an activating group) is 1. The monoisotopic (exact) mass is 432 g/mol. The third-order valence-electron chi connectivity index (χ3n) is 4.96. The zero-order chi connectivity index (χ0) is 21.9. The van der Waals surface area contributed by atoms with E-state index in [0.29, 0.717) is 50.2 Å². The van der Waals surface area contributed by atoms with E-state index >= 15 is 0 Å². The van der Waals surface area contributed by atoms with Crippen LogP contribution in [0.1, 0.15) is 13.8 Å². The fourth-order valence-corrected chi connectivity index (χ4v) is 3.45. The Morgan fingerprint density at radius 2 is 1.84 bits per heavy atom. The summed E-state index contributed by atoms with van der Waals surface area (Å²) in [6.07, 6.45) is 0. The number of nitrogens with one attached hydrogen (secondary N) is 1. The number of hydrogen-bond donors (Lipinski definition) is 2. The highest BCUT2D eigenvalue weighted by Gasteiger charge is 2.27. The van der Waals surface area contributed by atoms with E-state index in [9.17, 15) is 4.79 Å². The predicted molar refractivity (Wildman–Crippen MR) is 120 cm³/mol. The summed E-state index contributed by atoms with van der Waals surface area (Å²) >= 11 is 0. The van der Waals surface area contributed by atoms with Crippen molar-refractivity contribution >= 4 is 5.69 Å². The van der Waals surface area contributed by atoms with E-state index in [4.69, 9.17) is 14.2 Å². The maximum absolute atomic E-state index is 13.5. The van der Waals surface area contributed by atoms with Gasteiger partial charge in [0.25, 0.3) is 5.88 Å². The van der Waals surface area contributed by atoms with Crippen LogP contribution in [0.5, 0.6) is 11.6 Å². The van der Waals surface area contributed by atoms with Crippen LogP contribution in [0.15, 0.2) is 35.1 Å². The van der Waals surface area contributed by atoms with Crippen molar-refractivity contribution in [2.24, 2.45) is 0 Å². The molecule has 9 heteroatoms. The fraction of sp³-hybridized carbons (Fsp3) is 0.545. The molecule has 1 aliphatic heterocycles. The topological polar surface area (TPSA) is 94.5 Å². The van der Waals surface area contributed by atoms with Crippen LogP contribution >= 0.6 is 0 Å². The van der Waals surface area contributed by atoms with E-state index in [2.05, 4.69) is 20.6 Å². The molecule has 2 heterocycles. The summed E-state index contributed by atoms with van der Waals surface area (Å²) in [6, 6.07) is 9.34. The van der Waals surface area contributed by atoms with Crippen LogP contribution in [-0.2, 0) is 4.74 Å². The molecule has 1 aromatic heterocycles. The number of nitrogens with zero attached hydrogens (tertiary/aromatic N) is 3. The third kappa shape index (κ3) is 6.19. The molecular weight excluding hydrogens is 398 g/mol. The molecule has 31 heavy (non-hydrogen) atoms. The molecule has 1 saturated heterocycles. The number of aromatic nitrogens is 2. The summed E-state index contributed by atoms with van der Waals surface area (Å²) in [6.45, 7) is 10.7. The van der Waals surface area contributed by atoms with Crippen LogP contribution in [0.4, 0.5) is 5.69 Å². The molecular formula is C22H34N5O4+. The first-order valence-corrected chi connectivity index (χ1v) is 11.1. The number of piperazine rings is 1. The van der Waals surface area contributed by atoms with Gasteiger partial charge in [0.05, 0.1) is 38.5 Å². The summed E-state index contributed by atoms with van der Waals surface area (Å²) in [5.41, 5.74) is 1.01. The van der Waals surface area contributed by atoms with Gasteiger partial charge < -0.3 is 29.7 Å². The molecule has 2 aromatic rings. The van der Waals surface area contributed by atoms with Crippen molar-refractivity contribution in [3.63, 3.8) is 0 Å². The Morgan fingerprint density at radius 3 is 2.55 bits per heavy atom. The van der Waals surface area contributed by atoms with Gasteiger partial charge in [0, 0.05) is 13.2 Å². The lowest BCUT2D eigenvalue weighted by Crippen LogP contribution is -2.89. The van der Waals surface area contributed by atoms with E-state index in [1.807, 2.05) is 44.2 Å². The Morgan fingerprint density at radius 1 is 1.06 bits per heavy atom. The average molecular weight is 433 g/mol. The SMILES string of the molecule is CCNCCOc1c(N2CC[NH2+]CC2)c(OCCOCC)nn(-c2ccccc2)c1=O. The summed E-state index contributed by atoms with van der Waals surface area (Å²) in [5.74, 6) is 0.675. The Balaban J connectivity index is 2.04. The molecule has 3 N–H and O–H groups in total. The van der Waals surface area contributed by atoms with Gasteiger partial charge >= 0.3 is 5.56 Å². The van der Waals surface area contributed by atoms with Crippen molar-refractivity contribution in [2.75, 3.05) is 70.6 Å². The molecule has 0 saturated carbocycles. The minimum atomic E-state index is -0.288. The number of nitrogens with two attached hydrogens (primary N) is 1. The van der Waals surface area contributed by atoms with Crippen molar-refractivity contribution in [3.05, 3.63) is 40.7 Å². The van der Waals surface area contributed by atoms with Gasteiger partial charge in [-0.3, -0.25) is 4.79 Å². The van der Waals surface area contributed by atoms with Crippen LogP contribution < -0.4 is 30.6 Å². The minimum absolute atomic E-state index is 0.282. The Bertz CT molecular complexity index is 853. The Labute approximate surface area is 183 Å². The second kappa shape index (κ2) is 12.3. The van der Waals surface area contributed by atoms with Crippen molar-refractivity contribution in [1.82, 2.24) is 15.1 Å². The quantitative estimate of drug-likeness (QED) is 0.457. The standard InChI is InChI=1S/C22H33N5O4/c1-3-23-12-15-30-20-19(26-13-10-24-11-14-26)21(31-17-16-29-4-2)25-27(22(20)28)18-8-6-5-7-9-18/h5-9,23-24H,3-4,10-17H2,1-2H3/p+1. The highest BCUT2D eigenvalue weighted by Crippen LogP contribution is 2.34. The predicted octanol–water partition coefficient (Wildman–Crippen LogP) is 0.0195. The van der Waals surface area contributed by atoms with E-state index in [-0.39, 0.29) is 11.3 Å². The zero-order valence-electron chi connectivity index (χ0n) is 18.5. The Kier molecular flexibility index (Phi) is 9.14. The second-order valence-corrected chi connectivity index (χ2v) is 7.14. The molecule has 1 fully saturated rings. The highest BCUT2D eigenvalue weighted by atomic mass is 16.5. The molecule has 0 bridgehead atoms. The lowest BCUT2D eigenvalue weighted by Gasteiger charge is -2.30. The molecule has 0 unspecified atom stereocenters. The fourth-order valence-electron chi connectivity index (χ4n) is 3.45. The highest BCUT2D eigenvalue weighted by molar-refractivity contribution is 5.65. The normalized spacial score (nSPS) is 13.9. The largest absolute Gasteiger partial charge is 0.485 e. The van der Waals surface area contributed by atoms with Gasteiger partial charge in [0.1, 0.15) is 13.2 Å². The number of para-hydroxylation sites is 1. The van der Waals surface area contributed by atoms with Crippen molar-refractivity contribution < 1.29 is 19.5 Å². The van der Waals surface area contributed by atoms with Crippen molar-refractivity contribution in [1.29, 1.82) is 0 Å². The summed E-state index contributed by atoms with van der Waals surface area (Å²) in [4.78, 5) is 15.6.